The van der Waals surface area contributed by atoms with Crippen LogP contribution in [0.1, 0.15) is 51.9 Å². The van der Waals surface area contributed by atoms with E-state index in [2.05, 4.69) is 48.1 Å². The van der Waals surface area contributed by atoms with Crippen LogP contribution < -0.4 is 10.2 Å². The highest BCUT2D eigenvalue weighted by atomic mass is 15.3. The van der Waals surface area contributed by atoms with Crippen molar-refractivity contribution in [3.8, 4) is 0 Å². The van der Waals surface area contributed by atoms with Crippen LogP contribution in [0.15, 0.2) is 0 Å². The number of hydrogen-bond donors (Lipinski definition) is 1. The zero-order valence-electron chi connectivity index (χ0n) is 13.2. The van der Waals surface area contributed by atoms with E-state index in [9.17, 15) is 0 Å². The Morgan fingerprint density at radius 2 is 1.95 bits per heavy atom. The Hall–Kier alpha value is -1.23. The highest BCUT2D eigenvalue weighted by Gasteiger charge is 2.27. The summed E-state index contributed by atoms with van der Waals surface area (Å²) in [5.74, 6) is 0.812. The normalized spacial score (nSPS) is 19.1. The van der Waals surface area contributed by atoms with Crippen molar-refractivity contribution in [2.24, 2.45) is 0 Å². The van der Waals surface area contributed by atoms with Crippen molar-refractivity contribution in [3.05, 3.63) is 11.4 Å². The molecule has 1 aromatic rings. The van der Waals surface area contributed by atoms with E-state index in [-0.39, 0.29) is 0 Å². The number of aromatic nitrogens is 3. The van der Waals surface area contributed by atoms with E-state index in [4.69, 9.17) is 4.98 Å². The third-order valence-corrected chi connectivity index (χ3v) is 3.89. The number of anilines is 1. The van der Waals surface area contributed by atoms with Crippen LogP contribution in [-0.4, -0.2) is 40.4 Å². The lowest BCUT2D eigenvalue weighted by Crippen LogP contribution is -2.41. The Kier molecular flexibility index (Phi) is 5.29. The molecule has 1 atom stereocenters. The third kappa shape index (κ3) is 3.45. The van der Waals surface area contributed by atoms with Gasteiger partial charge in [0.25, 0.3) is 0 Å². The summed E-state index contributed by atoms with van der Waals surface area (Å²) in [6, 6.07) is 1.02. The summed E-state index contributed by atoms with van der Waals surface area (Å²) in [6.45, 7) is 10.6. The number of nitrogens with zero attached hydrogens (tertiary/aromatic N) is 4. The second-order valence-corrected chi connectivity index (χ2v) is 5.76. The van der Waals surface area contributed by atoms with Crippen LogP contribution in [0, 0.1) is 0 Å². The molecule has 2 heterocycles. The van der Waals surface area contributed by atoms with Gasteiger partial charge in [-0.1, -0.05) is 27.7 Å². The van der Waals surface area contributed by atoms with Gasteiger partial charge in [-0.3, -0.25) is 0 Å². The Morgan fingerprint density at radius 1 is 1.20 bits per heavy atom. The molecule has 2 rings (SSSR count). The summed E-state index contributed by atoms with van der Waals surface area (Å²) >= 11 is 0. The molecular weight excluding hydrogens is 250 g/mol. The van der Waals surface area contributed by atoms with Gasteiger partial charge >= 0.3 is 0 Å². The van der Waals surface area contributed by atoms with Gasteiger partial charge in [0, 0.05) is 25.2 Å². The fraction of sp³-hybridized carbons (Fsp3) is 0.800. The van der Waals surface area contributed by atoms with Gasteiger partial charge in [0.15, 0.2) is 0 Å². The van der Waals surface area contributed by atoms with Gasteiger partial charge in [0.1, 0.15) is 0 Å². The van der Waals surface area contributed by atoms with Crippen LogP contribution in [-0.2, 0) is 12.8 Å². The van der Waals surface area contributed by atoms with Crippen LogP contribution in [0.2, 0.25) is 0 Å². The molecule has 0 radical (unpaired) electrons. The molecule has 1 aliphatic heterocycles. The minimum absolute atomic E-state index is 0.497. The minimum atomic E-state index is 0.497. The van der Waals surface area contributed by atoms with Gasteiger partial charge in [-0.05, 0) is 25.7 Å². The minimum Gasteiger partial charge on any atom is -0.335 e. The van der Waals surface area contributed by atoms with E-state index in [0.29, 0.717) is 12.1 Å². The van der Waals surface area contributed by atoms with Crippen molar-refractivity contribution >= 4 is 5.95 Å². The molecule has 5 nitrogen and oxygen atoms in total. The number of aryl methyl sites for hydroxylation is 2. The maximum Gasteiger partial charge on any atom is 0.245 e. The lowest BCUT2D eigenvalue weighted by Gasteiger charge is -2.25. The lowest BCUT2D eigenvalue weighted by atomic mass is 10.2. The van der Waals surface area contributed by atoms with Gasteiger partial charge in [-0.25, -0.2) is 4.98 Å². The molecule has 0 aromatic carbocycles. The zero-order valence-corrected chi connectivity index (χ0v) is 13.2. The average molecular weight is 277 g/mol. The first kappa shape index (κ1) is 15.2. The maximum absolute atomic E-state index is 4.75. The van der Waals surface area contributed by atoms with Gasteiger partial charge in [-0.15, -0.1) is 5.10 Å². The predicted octanol–water partition coefficient (Wildman–Crippen LogP) is 1.96. The summed E-state index contributed by atoms with van der Waals surface area (Å²) in [5, 5.41) is 12.2. The zero-order chi connectivity index (χ0) is 14.5. The molecule has 0 aliphatic carbocycles. The summed E-state index contributed by atoms with van der Waals surface area (Å²) in [6.07, 6.45) is 4.25. The second-order valence-electron chi connectivity index (χ2n) is 5.76. The molecule has 0 amide bonds. The van der Waals surface area contributed by atoms with E-state index in [1.54, 1.807) is 0 Å². The van der Waals surface area contributed by atoms with Crippen LogP contribution in [0.4, 0.5) is 5.95 Å². The monoisotopic (exact) mass is 277 g/mol. The standard InChI is InChI=1S/C15H27N5/c1-5-13-14(6-2)18-19-15(17-13)20-9-7-8-12(20)10-16-11(3)4/h11-12,16H,5-10H2,1-4H3. The Labute approximate surface area is 122 Å². The Bertz CT molecular complexity index is 432. The molecule has 0 bridgehead atoms. The molecule has 112 valence electrons. The van der Waals surface area contributed by atoms with E-state index in [1.807, 2.05) is 0 Å². The molecule has 0 spiro atoms. The van der Waals surface area contributed by atoms with Gasteiger partial charge in [0.2, 0.25) is 5.95 Å². The Morgan fingerprint density at radius 3 is 2.60 bits per heavy atom. The molecule has 1 N–H and O–H groups in total. The van der Waals surface area contributed by atoms with Gasteiger partial charge in [0.05, 0.1) is 11.4 Å². The van der Waals surface area contributed by atoms with Crippen LogP contribution >= 0.6 is 0 Å². The molecule has 1 fully saturated rings. The summed E-state index contributed by atoms with van der Waals surface area (Å²) in [7, 11) is 0. The van der Waals surface area contributed by atoms with Crippen molar-refractivity contribution in [1.29, 1.82) is 0 Å². The first-order chi connectivity index (χ1) is 9.65. The molecule has 0 saturated carbocycles. The fourth-order valence-corrected chi connectivity index (χ4v) is 2.73. The molecule has 1 aliphatic rings. The largest absolute Gasteiger partial charge is 0.335 e. The number of hydrogen-bond acceptors (Lipinski definition) is 5. The van der Waals surface area contributed by atoms with Gasteiger partial charge in [-0.2, -0.15) is 5.10 Å². The summed E-state index contributed by atoms with van der Waals surface area (Å²) in [5.41, 5.74) is 2.13. The first-order valence-corrected chi connectivity index (χ1v) is 7.88. The molecule has 5 heteroatoms. The average Bonchev–Trinajstić information content (AvgIpc) is 2.92. The van der Waals surface area contributed by atoms with E-state index in [1.165, 1.54) is 12.8 Å². The van der Waals surface area contributed by atoms with E-state index < -0.39 is 0 Å². The summed E-state index contributed by atoms with van der Waals surface area (Å²) < 4.78 is 0. The summed E-state index contributed by atoms with van der Waals surface area (Å²) in [4.78, 5) is 7.07. The quantitative estimate of drug-likeness (QED) is 0.861. The maximum atomic E-state index is 4.75. The SMILES string of the molecule is CCc1nnc(N2CCCC2CNC(C)C)nc1CC. The highest BCUT2D eigenvalue weighted by Crippen LogP contribution is 2.22. The highest BCUT2D eigenvalue weighted by molar-refractivity contribution is 5.34. The van der Waals surface area contributed by atoms with Crippen molar-refractivity contribution in [3.63, 3.8) is 0 Å². The van der Waals surface area contributed by atoms with Crippen LogP contribution in [0.5, 0.6) is 0 Å². The third-order valence-electron chi connectivity index (χ3n) is 3.89. The molecule has 20 heavy (non-hydrogen) atoms. The van der Waals surface area contributed by atoms with Crippen molar-refractivity contribution < 1.29 is 0 Å². The fourth-order valence-electron chi connectivity index (χ4n) is 2.73. The lowest BCUT2D eigenvalue weighted by molar-refractivity contribution is 0.519. The van der Waals surface area contributed by atoms with Gasteiger partial charge < -0.3 is 10.2 Å². The van der Waals surface area contributed by atoms with E-state index >= 15 is 0 Å². The molecule has 1 aromatic heterocycles. The van der Waals surface area contributed by atoms with Crippen molar-refractivity contribution in [2.45, 2.75) is 65.5 Å². The smallest absolute Gasteiger partial charge is 0.245 e. The second kappa shape index (κ2) is 6.97. The molecule has 1 saturated heterocycles. The molecule has 1 unspecified atom stereocenters. The van der Waals surface area contributed by atoms with Crippen LogP contribution in [0.3, 0.4) is 0 Å². The number of nitrogens with one attached hydrogen (secondary N) is 1. The first-order valence-electron chi connectivity index (χ1n) is 7.88. The van der Waals surface area contributed by atoms with E-state index in [0.717, 1.165) is 43.3 Å². The van der Waals surface area contributed by atoms with Crippen molar-refractivity contribution in [2.75, 3.05) is 18.0 Å². The topological polar surface area (TPSA) is 53.9 Å². The molecular formula is C15H27N5. The number of rotatable bonds is 6. The Balaban J connectivity index is 2.13. The van der Waals surface area contributed by atoms with Crippen LogP contribution in [0.25, 0.3) is 0 Å². The van der Waals surface area contributed by atoms with Crippen molar-refractivity contribution in [1.82, 2.24) is 20.5 Å². The predicted molar refractivity (Wildman–Crippen MR) is 82.1 cm³/mol.